The third-order valence-electron chi connectivity index (χ3n) is 8.30. The Morgan fingerprint density at radius 2 is 1.83 bits per heavy atom. The molecule has 1 aliphatic heterocycles. The van der Waals surface area contributed by atoms with E-state index < -0.39 is 22.2 Å². The lowest BCUT2D eigenvalue weighted by Crippen LogP contribution is -2.48. The van der Waals surface area contributed by atoms with Gasteiger partial charge in [0.05, 0.1) is 35.3 Å². The Hall–Kier alpha value is -2.74. The molecule has 2 aromatic rings. The van der Waals surface area contributed by atoms with Gasteiger partial charge in [-0.3, -0.25) is 9.59 Å². The van der Waals surface area contributed by atoms with Gasteiger partial charge < -0.3 is 29.7 Å². The maximum atomic E-state index is 14.3. The lowest BCUT2D eigenvalue weighted by Gasteiger charge is -2.35. The number of carbonyl (C=O) groups excluding carboxylic acids is 2. The van der Waals surface area contributed by atoms with Crippen LogP contribution in [0.2, 0.25) is 5.02 Å². The quantitative estimate of drug-likeness (QED) is 0.346. The summed E-state index contributed by atoms with van der Waals surface area (Å²) in [5.74, 6) is -0.445. The van der Waals surface area contributed by atoms with Crippen molar-refractivity contribution in [3.05, 3.63) is 53.1 Å². The molecular weight excluding hydrogens is 644 g/mol. The first-order valence-electron chi connectivity index (χ1n) is 16.2. The molecule has 1 heterocycles. The zero-order valence-corrected chi connectivity index (χ0v) is 30.0. The molecule has 11 nitrogen and oxygen atoms in total. The van der Waals surface area contributed by atoms with E-state index in [1.807, 2.05) is 32.8 Å². The van der Waals surface area contributed by atoms with Crippen molar-refractivity contribution >= 4 is 39.1 Å². The average Bonchev–Trinajstić information content (AvgIpc) is 3.02. The number of fused-ring (bicyclic) bond motifs is 1. The Bertz CT molecular complexity index is 1420. The molecule has 0 bridgehead atoms. The summed E-state index contributed by atoms with van der Waals surface area (Å²) in [5, 5.41) is 13.5. The lowest BCUT2D eigenvalue weighted by molar-refractivity contribution is -0.116. The van der Waals surface area contributed by atoms with Gasteiger partial charge in [-0.05, 0) is 103 Å². The molecule has 0 radical (unpaired) electrons. The van der Waals surface area contributed by atoms with Crippen molar-refractivity contribution in [1.29, 1.82) is 0 Å². The molecule has 1 aliphatic rings. The molecule has 2 amide bonds. The number of amides is 2. The second kappa shape index (κ2) is 18.1. The van der Waals surface area contributed by atoms with Gasteiger partial charge in [-0.2, -0.15) is 4.31 Å². The van der Waals surface area contributed by atoms with Crippen LogP contribution in [0.4, 0.5) is 5.69 Å². The van der Waals surface area contributed by atoms with Crippen molar-refractivity contribution in [3.63, 3.8) is 0 Å². The summed E-state index contributed by atoms with van der Waals surface area (Å²) in [6.45, 7) is 6.74. The highest BCUT2D eigenvalue weighted by Crippen LogP contribution is 2.29. The molecule has 4 atom stereocenters. The number of ether oxygens (including phenoxy) is 2. The van der Waals surface area contributed by atoms with Crippen LogP contribution in [0.1, 0.15) is 63.2 Å². The average molecular weight is 695 g/mol. The maximum Gasteiger partial charge on any atom is 0.258 e. The molecule has 13 heteroatoms. The molecule has 47 heavy (non-hydrogen) atoms. The van der Waals surface area contributed by atoms with Gasteiger partial charge in [0.1, 0.15) is 5.75 Å². The highest BCUT2D eigenvalue weighted by Gasteiger charge is 2.32. The van der Waals surface area contributed by atoms with Gasteiger partial charge >= 0.3 is 0 Å². The number of hydrogen-bond donors (Lipinski definition) is 2. The number of nitrogens with zero attached hydrogens (tertiary/aromatic N) is 3. The molecule has 3 rings (SSSR count). The minimum atomic E-state index is -3.84. The number of anilines is 1. The van der Waals surface area contributed by atoms with E-state index in [0.717, 1.165) is 19.4 Å². The van der Waals surface area contributed by atoms with Gasteiger partial charge in [0.15, 0.2) is 0 Å². The molecule has 0 unspecified atom stereocenters. The predicted molar refractivity (Wildman–Crippen MR) is 185 cm³/mol. The van der Waals surface area contributed by atoms with E-state index in [0.29, 0.717) is 42.3 Å². The van der Waals surface area contributed by atoms with E-state index in [-0.39, 0.29) is 54.0 Å². The first kappa shape index (κ1) is 38.7. The number of likely N-dealkylation sites (N-methyl/N-ethyl adjacent to an activating group) is 1. The normalized spacial score (nSPS) is 20.8. The van der Waals surface area contributed by atoms with E-state index in [2.05, 4.69) is 5.32 Å². The van der Waals surface area contributed by atoms with Crippen LogP contribution < -0.4 is 10.1 Å². The van der Waals surface area contributed by atoms with Crippen LogP contribution in [0.5, 0.6) is 5.75 Å². The monoisotopic (exact) mass is 694 g/mol. The summed E-state index contributed by atoms with van der Waals surface area (Å²) in [7, 11) is 1.58. The van der Waals surface area contributed by atoms with Crippen molar-refractivity contribution < 1.29 is 32.6 Å². The number of aliphatic hydroxyl groups is 1. The Labute approximate surface area is 285 Å². The minimum absolute atomic E-state index is 0.0573. The lowest BCUT2D eigenvalue weighted by atomic mass is 10.0. The number of nitrogens with one attached hydrogen (secondary N) is 1. The van der Waals surface area contributed by atoms with Crippen molar-refractivity contribution in [2.75, 3.05) is 59.3 Å². The third kappa shape index (κ3) is 11.4. The zero-order valence-electron chi connectivity index (χ0n) is 28.4. The first-order valence-corrected chi connectivity index (χ1v) is 18.0. The van der Waals surface area contributed by atoms with Gasteiger partial charge in [-0.1, -0.05) is 18.5 Å². The molecule has 262 valence electrons. The van der Waals surface area contributed by atoms with Crippen molar-refractivity contribution in [1.82, 2.24) is 14.1 Å². The van der Waals surface area contributed by atoms with Crippen LogP contribution in [0.15, 0.2) is 47.4 Å². The van der Waals surface area contributed by atoms with Gasteiger partial charge in [0, 0.05) is 49.8 Å². The third-order valence-corrected chi connectivity index (χ3v) is 10.4. The summed E-state index contributed by atoms with van der Waals surface area (Å²) in [5.41, 5.74) is 0.747. The smallest absolute Gasteiger partial charge is 0.258 e. The fraction of sp³-hybridized carbons (Fsp3) is 0.588. The predicted octanol–water partition coefficient (Wildman–Crippen LogP) is 4.74. The van der Waals surface area contributed by atoms with Gasteiger partial charge in [0.25, 0.3) is 5.91 Å². The second-order valence-corrected chi connectivity index (χ2v) is 15.2. The Balaban J connectivity index is 1.92. The molecule has 0 saturated carbocycles. The van der Waals surface area contributed by atoms with Crippen LogP contribution in [0, 0.1) is 5.92 Å². The number of rotatable bonds is 11. The molecule has 2 aromatic carbocycles. The molecule has 0 aliphatic carbocycles. The first-order chi connectivity index (χ1) is 22.2. The maximum absolute atomic E-state index is 14.3. The largest absolute Gasteiger partial charge is 0.490 e. The molecule has 0 fully saturated rings. The van der Waals surface area contributed by atoms with Crippen molar-refractivity contribution in [2.24, 2.45) is 5.92 Å². The number of hydrogen-bond acceptors (Lipinski definition) is 8. The number of aliphatic hydroxyl groups excluding tert-OH is 1. The highest BCUT2D eigenvalue weighted by atomic mass is 35.5. The van der Waals surface area contributed by atoms with Gasteiger partial charge in [-0.15, -0.1) is 0 Å². The van der Waals surface area contributed by atoms with Gasteiger partial charge in [-0.25, -0.2) is 8.42 Å². The molecule has 0 aromatic heterocycles. The molecule has 0 saturated heterocycles. The fourth-order valence-corrected chi connectivity index (χ4v) is 6.69. The zero-order chi connectivity index (χ0) is 34.7. The van der Waals surface area contributed by atoms with Gasteiger partial charge in [0.2, 0.25) is 15.9 Å². The van der Waals surface area contributed by atoms with E-state index in [1.165, 1.54) is 35.6 Å². The number of carbonyl (C=O) groups is 2. The Morgan fingerprint density at radius 1 is 1.13 bits per heavy atom. The van der Waals surface area contributed by atoms with E-state index in [4.69, 9.17) is 21.1 Å². The fourth-order valence-electron chi connectivity index (χ4n) is 5.38. The standard InChI is InChI=1S/C34H51ClN4O7S/c1-24-21-39(25(2)23-40)34(42)30-20-28(36-33(41)11-9-18-37(4)5)14-17-31(30)46-26(3)10-7-8-19-45-32(24)22-38(6)47(43,44)29-15-12-27(35)13-16-29/h12-17,20,24-26,32,40H,7-11,18-19,21-23H2,1-6H3,(H,36,41)/t24-,25+,26-,32-/m0/s1. The van der Waals surface area contributed by atoms with Crippen LogP contribution in [-0.4, -0.2) is 112 Å². The van der Waals surface area contributed by atoms with E-state index >= 15 is 0 Å². The Morgan fingerprint density at radius 3 is 2.49 bits per heavy atom. The second-order valence-electron chi connectivity index (χ2n) is 12.7. The van der Waals surface area contributed by atoms with Crippen molar-refractivity contribution in [3.8, 4) is 5.75 Å². The summed E-state index contributed by atoms with van der Waals surface area (Å²) in [6.07, 6.45) is 2.54. The molecule has 2 N–H and O–H groups in total. The van der Waals surface area contributed by atoms with Crippen LogP contribution in [-0.2, 0) is 19.6 Å². The van der Waals surface area contributed by atoms with Crippen LogP contribution in [0.3, 0.4) is 0 Å². The summed E-state index contributed by atoms with van der Waals surface area (Å²) >= 11 is 5.98. The minimum Gasteiger partial charge on any atom is -0.490 e. The highest BCUT2D eigenvalue weighted by molar-refractivity contribution is 7.89. The SMILES string of the molecule is C[C@H](CO)N1C[C@H](C)[C@H](CN(C)S(=O)(=O)c2ccc(Cl)cc2)OCCCC[C@H](C)Oc2ccc(NC(=O)CCCN(C)C)cc2C1=O. The number of benzene rings is 2. The molecule has 0 spiro atoms. The van der Waals surface area contributed by atoms with E-state index in [1.54, 1.807) is 30.0 Å². The molecular formula is C34H51ClN4O7S. The van der Waals surface area contributed by atoms with Crippen LogP contribution in [0.25, 0.3) is 0 Å². The number of halogens is 1. The van der Waals surface area contributed by atoms with Crippen LogP contribution >= 0.6 is 11.6 Å². The summed E-state index contributed by atoms with van der Waals surface area (Å²) in [6, 6.07) is 10.5. The summed E-state index contributed by atoms with van der Waals surface area (Å²) < 4.78 is 40.7. The topological polar surface area (TPSA) is 129 Å². The summed E-state index contributed by atoms with van der Waals surface area (Å²) in [4.78, 5) is 30.7. The number of sulfonamides is 1. The van der Waals surface area contributed by atoms with Crippen molar-refractivity contribution in [2.45, 2.75) is 76.0 Å². The van der Waals surface area contributed by atoms with E-state index in [9.17, 15) is 23.1 Å². The Kier molecular flexibility index (Phi) is 14.9.